The van der Waals surface area contributed by atoms with Crippen LogP contribution in [0.4, 0.5) is 0 Å². The van der Waals surface area contributed by atoms with Crippen LogP contribution in [-0.4, -0.2) is 89.9 Å². The fourth-order valence-electron chi connectivity index (χ4n) is 10.6. The maximum Gasteiger partial charge on any atom is 0.343 e. The van der Waals surface area contributed by atoms with Crippen molar-refractivity contribution >= 4 is 57.6 Å². The van der Waals surface area contributed by atoms with Crippen molar-refractivity contribution in [3.8, 4) is 45.6 Å². The smallest absolute Gasteiger partial charge is 0.343 e. The molecule has 0 bridgehead atoms. The summed E-state index contributed by atoms with van der Waals surface area (Å²) in [7, 11) is 0. The molecule has 2 aliphatic rings. The fraction of sp³-hybridized carbons (Fsp3) is 0.316. The molecular weight excluding hydrogens is 1140 g/mol. The summed E-state index contributed by atoms with van der Waals surface area (Å²) in [5.41, 5.74) is 3.53. The van der Waals surface area contributed by atoms with Crippen molar-refractivity contribution < 1.29 is 66.5 Å². The molecule has 14 heteroatoms. The maximum atomic E-state index is 14.1. The average molecular weight is 1220 g/mol. The Morgan fingerprint density at radius 3 is 1.13 bits per heavy atom. The van der Waals surface area contributed by atoms with Gasteiger partial charge in [0.15, 0.2) is 0 Å². The summed E-state index contributed by atoms with van der Waals surface area (Å²) in [6.45, 7) is 12.0. The van der Waals surface area contributed by atoms with Crippen molar-refractivity contribution in [1.82, 2.24) is 0 Å². The van der Waals surface area contributed by atoms with Gasteiger partial charge < -0.3 is 47.4 Å². The molecule has 2 saturated heterocycles. The molecular formula is C76H78O14. The van der Waals surface area contributed by atoms with Gasteiger partial charge in [-0.1, -0.05) is 112 Å². The summed E-state index contributed by atoms with van der Waals surface area (Å²) >= 11 is 0. The van der Waals surface area contributed by atoms with E-state index in [4.69, 9.17) is 47.4 Å². The van der Waals surface area contributed by atoms with E-state index in [1.807, 2.05) is 109 Å². The summed E-state index contributed by atoms with van der Waals surface area (Å²) < 4.78 is 58.1. The Kier molecular flexibility index (Phi) is 22.8. The molecule has 0 amide bonds. The van der Waals surface area contributed by atoms with E-state index < -0.39 is 23.9 Å². The number of benzene rings is 8. The number of unbranched alkanes of at least 4 members (excludes halogenated alkanes) is 6. The van der Waals surface area contributed by atoms with Gasteiger partial charge in [0.2, 0.25) is 0 Å². The van der Waals surface area contributed by atoms with Gasteiger partial charge in [-0.15, -0.1) is 0 Å². The van der Waals surface area contributed by atoms with Crippen molar-refractivity contribution in [2.75, 3.05) is 66.1 Å². The zero-order valence-corrected chi connectivity index (χ0v) is 51.3. The van der Waals surface area contributed by atoms with E-state index in [0.717, 1.165) is 161 Å². The van der Waals surface area contributed by atoms with Crippen LogP contribution < -0.4 is 28.4 Å². The summed E-state index contributed by atoms with van der Waals surface area (Å²) in [4.78, 5) is 53.9. The lowest BCUT2D eigenvalue weighted by Crippen LogP contribution is -2.45. The van der Waals surface area contributed by atoms with Gasteiger partial charge >= 0.3 is 23.9 Å². The number of hydrogen-bond donors (Lipinski definition) is 0. The van der Waals surface area contributed by atoms with Crippen LogP contribution in [0.2, 0.25) is 0 Å². The van der Waals surface area contributed by atoms with E-state index in [1.165, 1.54) is 60.7 Å². The highest BCUT2D eigenvalue weighted by Crippen LogP contribution is 2.46. The van der Waals surface area contributed by atoms with Gasteiger partial charge in [-0.05, 0) is 181 Å². The lowest BCUT2D eigenvalue weighted by Gasteiger charge is -2.40. The van der Waals surface area contributed by atoms with Crippen LogP contribution >= 0.6 is 0 Å². The lowest BCUT2D eigenvalue weighted by molar-refractivity contribution is -0.150. The van der Waals surface area contributed by atoms with Crippen LogP contribution in [0.5, 0.6) is 34.5 Å². The third kappa shape index (κ3) is 17.7. The van der Waals surface area contributed by atoms with Crippen molar-refractivity contribution in [3.63, 3.8) is 0 Å². The Hall–Kier alpha value is -8.92. The van der Waals surface area contributed by atoms with E-state index in [9.17, 15) is 19.2 Å². The Morgan fingerprint density at radius 1 is 0.400 bits per heavy atom. The molecule has 14 nitrogen and oxygen atoms in total. The highest BCUT2D eigenvalue weighted by atomic mass is 16.6. The largest absolute Gasteiger partial charge is 0.494 e. The SMILES string of the molecule is CCC1(COCCCCCCOc2ccc(C=CC(=O)Oc3ccc(C(=O)Oc4ccc5ccccc5c4-c4c(OC(=O)c5ccc(OC(=O)C=Cc6ccc(OCCCCCCOCC7(CC)COC7)cc6)cc5)ccc5ccccc45)cc3)cc2)COC1. The minimum Gasteiger partial charge on any atom is -0.494 e. The third-order valence-electron chi connectivity index (χ3n) is 16.5. The molecule has 0 radical (unpaired) electrons. The van der Waals surface area contributed by atoms with Gasteiger partial charge in [0, 0.05) is 47.3 Å². The van der Waals surface area contributed by atoms with Gasteiger partial charge in [-0.2, -0.15) is 0 Å². The normalized spacial score (nSPS) is 14.0. The first-order valence-electron chi connectivity index (χ1n) is 31.3. The lowest BCUT2D eigenvalue weighted by atomic mass is 9.84. The van der Waals surface area contributed by atoms with Gasteiger partial charge in [-0.3, -0.25) is 0 Å². The quantitative estimate of drug-likeness (QED) is 0.0165. The molecule has 0 aromatic heterocycles. The minimum absolute atomic E-state index is 0.206. The summed E-state index contributed by atoms with van der Waals surface area (Å²) in [6, 6.07) is 49.7. The standard InChI is InChI=1S/C76H78O14/c1-3-75(51-83-52-75)49-81-45-13-5-7-15-47-85-61-33-21-55(22-34-61)25-43-69(77)87-63-37-27-59(28-38-63)73(79)89-67-41-31-57-17-9-11-19-65(57)71(67)72-66-20-12-10-18-58(66)32-42-68(72)90-74(80)60-29-39-64(40-30-60)88-70(78)44-26-56-23-35-62(36-24-56)86-48-16-8-6-14-46-82-50-76(4-2)53-84-54-76/h9-12,17-44H,3-8,13-16,45-54H2,1-2H3. The van der Waals surface area contributed by atoms with Crippen LogP contribution in [-0.2, 0) is 28.5 Å². The Bertz CT molecular complexity index is 3470. The molecule has 0 aliphatic carbocycles. The molecule has 90 heavy (non-hydrogen) atoms. The summed E-state index contributed by atoms with van der Waals surface area (Å²) in [5, 5.41) is 3.21. The fourth-order valence-corrected chi connectivity index (χ4v) is 10.6. The number of esters is 4. The molecule has 0 saturated carbocycles. The van der Waals surface area contributed by atoms with Crippen molar-refractivity contribution in [3.05, 3.63) is 204 Å². The molecule has 2 fully saturated rings. The minimum atomic E-state index is -0.664. The Balaban J connectivity index is 0.702. The average Bonchev–Trinajstić information content (AvgIpc) is 0.876. The van der Waals surface area contributed by atoms with E-state index >= 15 is 0 Å². The van der Waals surface area contributed by atoms with E-state index in [0.29, 0.717) is 24.3 Å². The highest BCUT2D eigenvalue weighted by Gasteiger charge is 2.38. The van der Waals surface area contributed by atoms with Crippen LogP contribution in [0.25, 0.3) is 44.8 Å². The third-order valence-corrected chi connectivity index (χ3v) is 16.5. The predicted octanol–water partition coefficient (Wildman–Crippen LogP) is 16.1. The van der Waals surface area contributed by atoms with Crippen molar-refractivity contribution in [2.24, 2.45) is 10.8 Å². The number of carbonyl (C=O) groups is 4. The maximum absolute atomic E-state index is 14.1. The highest BCUT2D eigenvalue weighted by molar-refractivity contribution is 6.11. The van der Waals surface area contributed by atoms with Crippen LogP contribution in [0.15, 0.2) is 182 Å². The zero-order valence-electron chi connectivity index (χ0n) is 51.3. The first-order chi connectivity index (χ1) is 44.1. The predicted molar refractivity (Wildman–Crippen MR) is 349 cm³/mol. The summed E-state index contributed by atoms with van der Waals surface area (Å²) in [6.07, 6.45) is 16.5. The molecule has 8 aromatic rings. The molecule has 0 N–H and O–H groups in total. The molecule has 2 heterocycles. The first-order valence-corrected chi connectivity index (χ1v) is 31.3. The molecule has 466 valence electrons. The number of hydrogen-bond acceptors (Lipinski definition) is 14. The summed E-state index contributed by atoms with van der Waals surface area (Å²) in [5.74, 6) is -0.0699. The van der Waals surface area contributed by atoms with Gasteiger partial charge in [-0.25, -0.2) is 19.2 Å². The van der Waals surface area contributed by atoms with Crippen LogP contribution in [0, 0.1) is 10.8 Å². The molecule has 0 spiro atoms. The van der Waals surface area contributed by atoms with Gasteiger partial charge in [0.25, 0.3) is 0 Å². The number of rotatable bonds is 33. The second kappa shape index (κ2) is 32.0. The van der Waals surface area contributed by atoms with Crippen LogP contribution in [0.3, 0.4) is 0 Å². The Labute approximate surface area is 526 Å². The monoisotopic (exact) mass is 1210 g/mol. The second-order valence-electron chi connectivity index (χ2n) is 23.1. The topological polar surface area (TPSA) is 161 Å². The molecule has 0 unspecified atom stereocenters. The van der Waals surface area contributed by atoms with Crippen LogP contribution in [0.1, 0.15) is 110 Å². The Morgan fingerprint density at radius 2 is 0.767 bits per heavy atom. The van der Waals surface area contributed by atoms with E-state index in [1.54, 1.807) is 24.3 Å². The molecule has 10 rings (SSSR count). The number of carbonyl (C=O) groups excluding carboxylic acids is 4. The van der Waals surface area contributed by atoms with E-state index in [2.05, 4.69) is 13.8 Å². The van der Waals surface area contributed by atoms with E-state index in [-0.39, 0.29) is 45.0 Å². The zero-order chi connectivity index (χ0) is 62.4. The van der Waals surface area contributed by atoms with Gasteiger partial charge in [0.1, 0.15) is 34.5 Å². The van der Waals surface area contributed by atoms with Crippen molar-refractivity contribution in [1.29, 1.82) is 0 Å². The van der Waals surface area contributed by atoms with Crippen molar-refractivity contribution in [2.45, 2.75) is 78.1 Å². The molecule has 0 atom stereocenters. The molecule has 8 aromatic carbocycles. The number of fused-ring (bicyclic) bond motifs is 2. The number of ether oxygens (including phenoxy) is 10. The first kappa shape index (κ1) is 64.1. The van der Waals surface area contributed by atoms with Gasteiger partial charge in [0.05, 0.1) is 64.0 Å². The second-order valence-corrected chi connectivity index (χ2v) is 23.1. The molecule has 2 aliphatic heterocycles.